The van der Waals surface area contributed by atoms with E-state index in [0.29, 0.717) is 22.9 Å². The Morgan fingerprint density at radius 3 is 2.72 bits per heavy atom. The Bertz CT molecular complexity index is 1170. The van der Waals surface area contributed by atoms with E-state index in [2.05, 4.69) is 47.1 Å². The lowest BCUT2D eigenvalue weighted by Crippen LogP contribution is -2.41. The molecule has 168 valence electrons. The molecule has 8 nitrogen and oxygen atoms in total. The van der Waals surface area contributed by atoms with Crippen molar-refractivity contribution < 1.29 is 9.84 Å². The van der Waals surface area contributed by atoms with E-state index in [0.717, 1.165) is 69.1 Å². The highest BCUT2D eigenvalue weighted by atomic mass is 16.5. The third kappa shape index (κ3) is 3.29. The number of hydrogen-bond acceptors (Lipinski definition) is 7. The van der Waals surface area contributed by atoms with Crippen LogP contribution >= 0.6 is 0 Å². The maximum atomic E-state index is 10.1. The minimum absolute atomic E-state index is 0.139. The first-order chi connectivity index (χ1) is 15.5. The summed E-state index contributed by atoms with van der Waals surface area (Å²) >= 11 is 0. The summed E-state index contributed by atoms with van der Waals surface area (Å²) < 4.78 is 7.71. The average Bonchev–Trinajstić information content (AvgIpc) is 3.48. The van der Waals surface area contributed by atoms with Crippen LogP contribution < -0.4 is 4.90 Å². The summed E-state index contributed by atoms with van der Waals surface area (Å²) in [5.41, 5.74) is 6.04. The minimum Gasteiger partial charge on any atom is -0.390 e. The standard InChI is InChI=1S/C24H30N6O2/c1-16-10-24(15-32-16)5-7-29(8-6-24)22-21(14-31)27-23-20(26-22)11-25-30(23)19-4-3-17-12-28(2)13-18(17)9-19/h3-4,9,11,16,31H,5-8,10,12-15H2,1-2H3/t16-/m0/s1. The monoisotopic (exact) mass is 434 g/mol. The molecule has 6 rings (SSSR count). The molecule has 0 unspecified atom stereocenters. The fraction of sp³-hybridized carbons (Fsp3) is 0.542. The van der Waals surface area contributed by atoms with Crippen LogP contribution in [-0.4, -0.2) is 62.6 Å². The lowest BCUT2D eigenvalue weighted by molar-refractivity contribution is 0.0975. The second-order valence-electron chi connectivity index (χ2n) is 9.86. The number of benzene rings is 1. The van der Waals surface area contributed by atoms with Gasteiger partial charge in [0, 0.05) is 26.2 Å². The maximum Gasteiger partial charge on any atom is 0.182 e. The van der Waals surface area contributed by atoms with Gasteiger partial charge in [0.15, 0.2) is 11.5 Å². The smallest absolute Gasteiger partial charge is 0.182 e. The summed E-state index contributed by atoms with van der Waals surface area (Å²) in [6.45, 7) is 6.64. The van der Waals surface area contributed by atoms with E-state index >= 15 is 0 Å². The van der Waals surface area contributed by atoms with Gasteiger partial charge in [0.05, 0.1) is 31.2 Å². The molecule has 0 saturated carbocycles. The van der Waals surface area contributed by atoms with Gasteiger partial charge in [0.25, 0.3) is 0 Å². The summed E-state index contributed by atoms with van der Waals surface area (Å²) in [5, 5.41) is 14.7. The van der Waals surface area contributed by atoms with Gasteiger partial charge in [-0.05, 0) is 61.9 Å². The third-order valence-corrected chi connectivity index (χ3v) is 7.43. The molecule has 2 aromatic heterocycles. The molecule has 3 aliphatic heterocycles. The molecule has 0 amide bonds. The van der Waals surface area contributed by atoms with Crippen molar-refractivity contribution in [3.05, 3.63) is 41.2 Å². The zero-order valence-electron chi connectivity index (χ0n) is 18.8. The van der Waals surface area contributed by atoms with E-state index < -0.39 is 0 Å². The van der Waals surface area contributed by atoms with Gasteiger partial charge in [-0.25, -0.2) is 14.6 Å². The highest BCUT2D eigenvalue weighted by Crippen LogP contribution is 2.42. The number of anilines is 1. The molecule has 2 saturated heterocycles. The first-order valence-electron chi connectivity index (χ1n) is 11.6. The molecule has 2 fully saturated rings. The van der Waals surface area contributed by atoms with Gasteiger partial charge in [-0.15, -0.1) is 0 Å². The third-order valence-electron chi connectivity index (χ3n) is 7.43. The first-order valence-corrected chi connectivity index (χ1v) is 11.6. The topological polar surface area (TPSA) is 79.5 Å². The second kappa shape index (κ2) is 7.50. The van der Waals surface area contributed by atoms with Gasteiger partial charge >= 0.3 is 0 Å². The molecule has 8 heteroatoms. The Balaban J connectivity index is 1.31. The fourth-order valence-corrected chi connectivity index (χ4v) is 5.69. The van der Waals surface area contributed by atoms with Gasteiger partial charge in [0.2, 0.25) is 0 Å². The van der Waals surface area contributed by atoms with Crippen LogP contribution in [0.5, 0.6) is 0 Å². The molecule has 0 aliphatic carbocycles. The molecule has 1 N–H and O–H groups in total. The van der Waals surface area contributed by atoms with E-state index in [9.17, 15) is 5.11 Å². The average molecular weight is 435 g/mol. The van der Waals surface area contributed by atoms with Crippen molar-refractivity contribution in [2.45, 2.75) is 52.0 Å². The number of aromatic nitrogens is 4. The largest absolute Gasteiger partial charge is 0.390 e. The van der Waals surface area contributed by atoms with E-state index in [1.165, 1.54) is 11.1 Å². The van der Waals surface area contributed by atoms with Crippen LogP contribution in [0.1, 0.15) is 43.0 Å². The van der Waals surface area contributed by atoms with Crippen LogP contribution in [0, 0.1) is 5.41 Å². The summed E-state index contributed by atoms with van der Waals surface area (Å²) in [6, 6.07) is 6.45. The predicted octanol–water partition coefficient (Wildman–Crippen LogP) is 2.65. The predicted molar refractivity (Wildman–Crippen MR) is 122 cm³/mol. The van der Waals surface area contributed by atoms with Crippen LogP contribution in [0.15, 0.2) is 24.4 Å². The normalized spacial score (nSPS) is 22.8. The Morgan fingerprint density at radius 1 is 1.16 bits per heavy atom. The summed E-state index contributed by atoms with van der Waals surface area (Å²) in [7, 11) is 2.13. The van der Waals surface area contributed by atoms with Crippen molar-refractivity contribution >= 4 is 17.0 Å². The SMILES string of the molecule is C[C@H]1CC2(CCN(c3nc4cnn(-c5ccc6c(c5)CN(C)C6)c4nc3CO)CC2)CO1. The van der Waals surface area contributed by atoms with Crippen molar-refractivity contribution in [2.75, 3.05) is 31.6 Å². The second-order valence-corrected chi connectivity index (χ2v) is 9.86. The number of fused-ring (bicyclic) bond motifs is 2. The van der Waals surface area contributed by atoms with E-state index in [-0.39, 0.29) is 6.61 Å². The molecule has 3 aliphatic rings. The fourth-order valence-electron chi connectivity index (χ4n) is 5.69. The Hall–Kier alpha value is -2.55. The van der Waals surface area contributed by atoms with Gasteiger partial charge in [0.1, 0.15) is 11.2 Å². The van der Waals surface area contributed by atoms with Gasteiger partial charge in [-0.3, -0.25) is 4.90 Å². The summed E-state index contributed by atoms with van der Waals surface area (Å²) in [5.74, 6) is 0.789. The minimum atomic E-state index is -0.139. The molecular formula is C24H30N6O2. The number of nitrogens with zero attached hydrogens (tertiary/aromatic N) is 6. The lowest BCUT2D eigenvalue weighted by Gasteiger charge is -2.39. The van der Waals surface area contributed by atoms with Crippen LogP contribution in [-0.2, 0) is 24.4 Å². The number of piperidine rings is 1. The van der Waals surface area contributed by atoms with Gasteiger partial charge in [-0.2, -0.15) is 5.10 Å². The number of ether oxygens (including phenoxy) is 1. The molecule has 1 atom stereocenters. The Labute approximate surface area is 187 Å². The van der Waals surface area contributed by atoms with Gasteiger partial charge < -0.3 is 14.7 Å². The summed E-state index contributed by atoms with van der Waals surface area (Å²) in [6.07, 6.45) is 5.46. The van der Waals surface area contributed by atoms with Crippen LogP contribution in [0.4, 0.5) is 5.82 Å². The van der Waals surface area contributed by atoms with Crippen molar-refractivity contribution in [1.82, 2.24) is 24.6 Å². The Morgan fingerprint density at radius 2 is 1.97 bits per heavy atom. The quantitative estimate of drug-likeness (QED) is 0.679. The van der Waals surface area contributed by atoms with E-state index in [4.69, 9.17) is 14.7 Å². The molecule has 0 radical (unpaired) electrons. The van der Waals surface area contributed by atoms with Crippen molar-refractivity contribution in [2.24, 2.45) is 5.41 Å². The summed E-state index contributed by atoms with van der Waals surface area (Å²) in [4.78, 5) is 14.3. The van der Waals surface area contributed by atoms with Crippen LogP contribution in [0.2, 0.25) is 0 Å². The highest BCUT2D eigenvalue weighted by Gasteiger charge is 2.41. The van der Waals surface area contributed by atoms with Crippen molar-refractivity contribution in [3.8, 4) is 5.69 Å². The molecule has 3 aromatic rings. The molecule has 1 spiro atoms. The highest BCUT2D eigenvalue weighted by molar-refractivity contribution is 5.74. The lowest BCUT2D eigenvalue weighted by atomic mass is 9.77. The number of hydrogen-bond donors (Lipinski definition) is 1. The van der Waals surface area contributed by atoms with Crippen molar-refractivity contribution in [3.63, 3.8) is 0 Å². The van der Waals surface area contributed by atoms with Crippen LogP contribution in [0.3, 0.4) is 0 Å². The molecule has 1 aromatic carbocycles. The molecule has 5 heterocycles. The van der Waals surface area contributed by atoms with Crippen LogP contribution in [0.25, 0.3) is 16.9 Å². The first kappa shape index (κ1) is 20.1. The molecular weight excluding hydrogens is 404 g/mol. The van der Waals surface area contributed by atoms with Gasteiger partial charge in [-0.1, -0.05) is 6.07 Å². The van der Waals surface area contributed by atoms with E-state index in [1.54, 1.807) is 6.20 Å². The number of aliphatic hydroxyl groups is 1. The zero-order chi connectivity index (χ0) is 21.9. The maximum absolute atomic E-state index is 10.1. The molecule has 0 bridgehead atoms. The Kier molecular flexibility index (Phi) is 4.71. The van der Waals surface area contributed by atoms with E-state index in [1.807, 2.05) is 4.68 Å². The molecule has 32 heavy (non-hydrogen) atoms. The van der Waals surface area contributed by atoms with Crippen molar-refractivity contribution in [1.29, 1.82) is 0 Å². The number of aliphatic hydroxyl groups excluding tert-OH is 1. The number of rotatable bonds is 3. The zero-order valence-corrected chi connectivity index (χ0v) is 18.8.